The molecule has 0 spiro atoms. The Labute approximate surface area is 327 Å². The number of hydrogen-bond donors (Lipinski definition) is 0. The number of hydrogen-bond acceptors (Lipinski definition) is 2. The molecular weight excluding hydrogens is 679 g/mol. The lowest BCUT2D eigenvalue weighted by Gasteiger charge is -2.28. The molecule has 0 aliphatic rings. The number of benzene rings is 9. The normalized spacial score (nSPS) is 11.2. The summed E-state index contributed by atoms with van der Waals surface area (Å²) < 4.78 is 6.69. The molecule has 0 saturated heterocycles. The standard InChI is InChI=1S/C54H37NO/c1-3-16-40(17-4-1)49-25-9-11-27-51(49)55(48-24-14-23-46(37-48)54-53(41-18-5-2-6-19-41)50-26-10-12-28-52(50)56-54)47-33-31-39(32-34-47)43-21-13-22-44(35-43)45-30-29-38-15-7-8-20-42(38)36-45/h1-37H. The topological polar surface area (TPSA) is 16.4 Å². The van der Waals surface area contributed by atoms with Crippen molar-refractivity contribution in [2.24, 2.45) is 0 Å². The van der Waals surface area contributed by atoms with Crippen LogP contribution in [0.4, 0.5) is 17.1 Å². The van der Waals surface area contributed by atoms with Gasteiger partial charge in [-0.25, -0.2) is 0 Å². The van der Waals surface area contributed by atoms with Crippen LogP contribution in [0.15, 0.2) is 229 Å². The number of rotatable bonds is 8. The third kappa shape index (κ3) is 6.24. The Morgan fingerprint density at radius 1 is 0.321 bits per heavy atom. The molecule has 0 bridgehead atoms. The number of nitrogens with zero attached hydrogens (tertiary/aromatic N) is 1. The summed E-state index contributed by atoms with van der Waals surface area (Å²) in [5.74, 6) is 0.859. The summed E-state index contributed by atoms with van der Waals surface area (Å²) in [5.41, 5.74) is 14.4. The minimum absolute atomic E-state index is 0.859. The molecule has 9 aromatic carbocycles. The van der Waals surface area contributed by atoms with E-state index in [0.29, 0.717) is 0 Å². The Morgan fingerprint density at radius 3 is 1.73 bits per heavy atom. The minimum atomic E-state index is 0.859. The van der Waals surface area contributed by atoms with Gasteiger partial charge in [0.1, 0.15) is 11.3 Å². The van der Waals surface area contributed by atoms with E-state index in [9.17, 15) is 0 Å². The fourth-order valence-electron chi connectivity index (χ4n) is 7.93. The van der Waals surface area contributed by atoms with E-state index in [1.807, 2.05) is 6.07 Å². The van der Waals surface area contributed by atoms with Crippen molar-refractivity contribution >= 4 is 38.8 Å². The van der Waals surface area contributed by atoms with Crippen LogP contribution in [0.2, 0.25) is 0 Å². The molecule has 1 heterocycles. The van der Waals surface area contributed by atoms with Crippen molar-refractivity contribution in [1.29, 1.82) is 0 Å². The van der Waals surface area contributed by atoms with E-state index in [1.54, 1.807) is 0 Å². The van der Waals surface area contributed by atoms with Gasteiger partial charge in [0.2, 0.25) is 0 Å². The van der Waals surface area contributed by atoms with Crippen molar-refractivity contribution in [2.75, 3.05) is 4.90 Å². The second-order valence-electron chi connectivity index (χ2n) is 14.1. The average Bonchev–Trinajstić information content (AvgIpc) is 3.67. The fraction of sp³-hybridized carbons (Fsp3) is 0. The van der Waals surface area contributed by atoms with Gasteiger partial charge in [-0.15, -0.1) is 0 Å². The summed E-state index contributed by atoms with van der Waals surface area (Å²) in [7, 11) is 0. The number of fused-ring (bicyclic) bond motifs is 2. The van der Waals surface area contributed by atoms with E-state index < -0.39 is 0 Å². The van der Waals surface area contributed by atoms with E-state index in [1.165, 1.54) is 27.5 Å². The molecule has 10 rings (SSSR count). The van der Waals surface area contributed by atoms with Crippen LogP contribution in [0, 0.1) is 0 Å². The van der Waals surface area contributed by atoms with Crippen LogP contribution < -0.4 is 4.90 Å². The van der Waals surface area contributed by atoms with Crippen molar-refractivity contribution in [1.82, 2.24) is 0 Å². The molecule has 0 aliphatic heterocycles. The first-order valence-electron chi connectivity index (χ1n) is 19.1. The maximum absolute atomic E-state index is 6.69. The molecule has 1 aromatic heterocycles. The highest BCUT2D eigenvalue weighted by atomic mass is 16.3. The van der Waals surface area contributed by atoms with Gasteiger partial charge in [-0.3, -0.25) is 0 Å². The molecule has 0 radical (unpaired) electrons. The van der Waals surface area contributed by atoms with Crippen molar-refractivity contribution in [2.45, 2.75) is 0 Å². The van der Waals surface area contributed by atoms with E-state index in [-0.39, 0.29) is 0 Å². The lowest BCUT2D eigenvalue weighted by Crippen LogP contribution is -2.11. The lowest BCUT2D eigenvalue weighted by molar-refractivity contribution is 0.632. The Hall–Kier alpha value is -7.42. The largest absolute Gasteiger partial charge is 0.455 e. The van der Waals surface area contributed by atoms with E-state index in [2.05, 4.69) is 223 Å². The molecule has 264 valence electrons. The van der Waals surface area contributed by atoms with Gasteiger partial charge in [0.25, 0.3) is 0 Å². The summed E-state index contributed by atoms with van der Waals surface area (Å²) in [6.07, 6.45) is 0. The molecule has 0 saturated carbocycles. The van der Waals surface area contributed by atoms with Gasteiger partial charge in [-0.1, -0.05) is 176 Å². The Kier molecular flexibility index (Phi) is 8.55. The SMILES string of the molecule is c1ccc(-c2ccccc2N(c2ccc(-c3cccc(-c4ccc5ccccc5c4)c3)cc2)c2cccc(-c3oc4ccccc4c3-c3ccccc3)c2)cc1. The maximum Gasteiger partial charge on any atom is 0.143 e. The Morgan fingerprint density at radius 2 is 0.911 bits per heavy atom. The molecule has 56 heavy (non-hydrogen) atoms. The molecular formula is C54H37NO. The second kappa shape index (κ2) is 14.4. The summed E-state index contributed by atoms with van der Waals surface area (Å²) in [4.78, 5) is 2.37. The van der Waals surface area contributed by atoms with Crippen LogP contribution in [0.1, 0.15) is 0 Å². The molecule has 0 unspecified atom stereocenters. The van der Waals surface area contributed by atoms with Crippen LogP contribution in [0.5, 0.6) is 0 Å². The summed E-state index contributed by atoms with van der Waals surface area (Å²) >= 11 is 0. The zero-order chi connectivity index (χ0) is 37.3. The maximum atomic E-state index is 6.69. The first kappa shape index (κ1) is 33.2. The van der Waals surface area contributed by atoms with E-state index in [0.717, 1.165) is 67.2 Å². The number of para-hydroxylation sites is 2. The highest BCUT2D eigenvalue weighted by molar-refractivity contribution is 6.02. The van der Waals surface area contributed by atoms with Crippen LogP contribution in [0.25, 0.3) is 77.6 Å². The van der Waals surface area contributed by atoms with E-state index >= 15 is 0 Å². The van der Waals surface area contributed by atoms with Crippen LogP contribution >= 0.6 is 0 Å². The molecule has 0 amide bonds. The molecule has 0 aliphatic carbocycles. The summed E-state index contributed by atoms with van der Waals surface area (Å²) in [6.45, 7) is 0. The number of furan rings is 1. The van der Waals surface area contributed by atoms with Crippen LogP contribution in [-0.4, -0.2) is 0 Å². The average molecular weight is 716 g/mol. The first-order chi connectivity index (χ1) is 27.8. The summed E-state index contributed by atoms with van der Waals surface area (Å²) in [6, 6.07) is 79.9. The molecule has 2 heteroatoms. The molecule has 0 fully saturated rings. The minimum Gasteiger partial charge on any atom is -0.455 e. The van der Waals surface area contributed by atoms with Gasteiger partial charge in [-0.05, 0) is 92.7 Å². The quantitative estimate of drug-likeness (QED) is 0.156. The predicted octanol–water partition coefficient (Wildman–Crippen LogP) is 15.4. The highest BCUT2D eigenvalue weighted by Gasteiger charge is 2.21. The molecule has 2 nitrogen and oxygen atoms in total. The fourth-order valence-corrected chi connectivity index (χ4v) is 7.93. The van der Waals surface area contributed by atoms with Gasteiger partial charge in [0.05, 0.1) is 5.69 Å². The second-order valence-corrected chi connectivity index (χ2v) is 14.1. The lowest BCUT2D eigenvalue weighted by atomic mass is 9.96. The smallest absolute Gasteiger partial charge is 0.143 e. The van der Waals surface area contributed by atoms with E-state index in [4.69, 9.17) is 4.42 Å². The third-order valence-corrected chi connectivity index (χ3v) is 10.7. The van der Waals surface area contributed by atoms with Gasteiger partial charge in [0.15, 0.2) is 0 Å². The van der Waals surface area contributed by atoms with Gasteiger partial charge >= 0.3 is 0 Å². The third-order valence-electron chi connectivity index (χ3n) is 10.7. The van der Waals surface area contributed by atoms with Crippen molar-refractivity contribution in [3.05, 3.63) is 224 Å². The molecule has 0 atom stereocenters. The zero-order valence-electron chi connectivity index (χ0n) is 30.7. The van der Waals surface area contributed by atoms with Crippen molar-refractivity contribution in [3.63, 3.8) is 0 Å². The molecule has 0 N–H and O–H groups in total. The Balaban J connectivity index is 1.09. The highest BCUT2D eigenvalue weighted by Crippen LogP contribution is 2.45. The van der Waals surface area contributed by atoms with Gasteiger partial charge in [0, 0.05) is 33.5 Å². The van der Waals surface area contributed by atoms with Crippen LogP contribution in [0.3, 0.4) is 0 Å². The van der Waals surface area contributed by atoms with Gasteiger partial charge in [-0.2, -0.15) is 0 Å². The van der Waals surface area contributed by atoms with Crippen LogP contribution in [-0.2, 0) is 0 Å². The monoisotopic (exact) mass is 715 g/mol. The zero-order valence-corrected chi connectivity index (χ0v) is 30.7. The van der Waals surface area contributed by atoms with Gasteiger partial charge < -0.3 is 9.32 Å². The predicted molar refractivity (Wildman–Crippen MR) is 236 cm³/mol. The summed E-state index contributed by atoms with van der Waals surface area (Å²) in [5, 5.41) is 3.60. The van der Waals surface area contributed by atoms with Crippen molar-refractivity contribution < 1.29 is 4.42 Å². The first-order valence-corrected chi connectivity index (χ1v) is 19.1. The number of anilines is 3. The molecule has 10 aromatic rings. The Bertz CT molecular complexity index is 2960. The van der Waals surface area contributed by atoms with Crippen molar-refractivity contribution in [3.8, 4) is 55.8 Å².